The Morgan fingerprint density at radius 1 is 1.24 bits per heavy atom. The van der Waals surface area contributed by atoms with Crippen molar-refractivity contribution in [2.45, 2.75) is 4.90 Å². The van der Waals surface area contributed by atoms with Crippen LogP contribution < -0.4 is 4.74 Å². The fourth-order valence-corrected chi connectivity index (χ4v) is 3.65. The van der Waals surface area contributed by atoms with Crippen molar-refractivity contribution in [1.29, 1.82) is 0 Å². The van der Waals surface area contributed by atoms with E-state index in [0.29, 0.717) is 11.3 Å². The Morgan fingerprint density at radius 3 is 2.80 bits per heavy atom. The molecule has 1 aliphatic heterocycles. The summed E-state index contributed by atoms with van der Waals surface area (Å²) in [4.78, 5) is 0.143. The van der Waals surface area contributed by atoms with Crippen LogP contribution in [0.15, 0.2) is 62.9 Å². The standard InChI is InChI=1S/C17H17N3O4S/c1-24-14-6-4-5-13(11-14)12-18-20(9-10-21)17-15-7-2-3-8-16(15)25(22,23)19-17/h2-8,11-12,21H,9-10H2,1H3/b18-12+. The minimum atomic E-state index is -3.74. The van der Waals surface area contributed by atoms with Gasteiger partial charge in [-0.05, 0) is 29.8 Å². The zero-order valence-corrected chi connectivity index (χ0v) is 14.3. The molecule has 7 nitrogen and oxygen atoms in total. The Bertz CT molecular complexity index is 938. The zero-order chi connectivity index (χ0) is 17.9. The smallest absolute Gasteiger partial charge is 0.285 e. The van der Waals surface area contributed by atoms with Crippen molar-refractivity contribution >= 4 is 22.1 Å². The molecule has 0 spiro atoms. The lowest BCUT2D eigenvalue weighted by atomic mass is 10.2. The number of hydrogen-bond donors (Lipinski definition) is 1. The number of methoxy groups -OCH3 is 1. The first-order valence-electron chi connectivity index (χ1n) is 7.56. The summed E-state index contributed by atoms with van der Waals surface area (Å²) >= 11 is 0. The Morgan fingerprint density at radius 2 is 2.04 bits per heavy atom. The molecule has 2 aromatic rings. The minimum absolute atomic E-state index is 0.114. The van der Waals surface area contributed by atoms with Gasteiger partial charge in [0.05, 0.1) is 26.5 Å². The van der Waals surface area contributed by atoms with Gasteiger partial charge in [-0.15, -0.1) is 4.40 Å². The highest BCUT2D eigenvalue weighted by molar-refractivity contribution is 7.90. The molecule has 0 bridgehead atoms. The van der Waals surface area contributed by atoms with Gasteiger partial charge in [0, 0.05) is 5.56 Å². The molecule has 1 heterocycles. The van der Waals surface area contributed by atoms with Crippen LogP contribution in [0.5, 0.6) is 5.75 Å². The van der Waals surface area contributed by atoms with E-state index < -0.39 is 10.0 Å². The predicted octanol–water partition coefficient (Wildman–Crippen LogP) is 1.47. The van der Waals surface area contributed by atoms with Crippen molar-refractivity contribution in [3.8, 4) is 5.75 Å². The topological polar surface area (TPSA) is 91.6 Å². The van der Waals surface area contributed by atoms with Gasteiger partial charge in [-0.25, -0.2) is 5.01 Å². The number of aliphatic hydroxyl groups is 1. The molecule has 0 unspecified atom stereocenters. The molecule has 1 aliphatic rings. The van der Waals surface area contributed by atoms with Crippen LogP contribution >= 0.6 is 0 Å². The Hall–Kier alpha value is -2.71. The molecular weight excluding hydrogens is 342 g/mol. The molecule has 1 N–H and O–H groups in total. The largest absolute Gasteiger partial charge is 0.497 e. The number of nitrogens with zero attached hydrogens (tertiary/aromatic N) is 3. The van der Waals surface area contributed by atoms with Crippen LogP contribution in [0.2, 0.25) is 0 Å². The average Bonchev–Trinajstić information content (AvgIpc) is 2.90. The van der Waals surface area contributed by atoms with Crippen molar-refractivity contribution in [3.05, 3.63) is 59.7 Å². The summed E-state index contributed by atoms with van der Waals surface area (Å²) in [6.07, 6.45) is 1.56. The normalized spacial score (nSPS) is 15.0. The first-order valence-corrected chi connectivity index (χ1v) is 9.00. The van der Waals surface area contributed by atoms with Crippen LogP contribution in [0.1, 0.15) is 11.1 Å². The van der Waals surface area contributed by atoms with Gasteiger partial charge in [0.1, 0.15) is 10.6 Å². The lowest BCUT2D eigenvalue weighted by Gasteiger charge is -2.17. The van der Waals surface area contributed by atoms with Crippen molar-refractivity contribution in [3.63, 3.8) is 0 Å². The molecular formula is C17H17N3O4S. The summed E-state index contributed by atoms with van der Waals surface area (Å²) in [5.41, 5.74) is 1.25. The number of aliphatic hydroxyl groups excluding tert-OH is 1. The lowest BCUT2D eigenvalue weighted by Crippen LogP contribution is -2.28. The third-order valence-corrected chi connectivity index (χ3v) is 4.93. The van der Waals surface area contributed by atoms with Crippen LogP contribution in [0.4, 0.5) is 0 Å². The van der Waals surface area contributed by atoms with Crippen molar-refractivity contribution in [2.75, 3.05) is 20.3 Å². The quantitative estimate of drug-likeness (QED) is 0.645. The SMILES string of the molecule is COc1cccc(/C=N/N(CCO)C2=NS(=O)(=O)c3ccccc32)c1. The molecule has 0 amide bonds. The first-order chi connectivity index (χ1) is 12.0. The maximum Gasteiger partial charge on any atom is 0.285 e. The molecule has 2 aromatic carbocycles. The second-order valence-corrected chi connectivity index (χ2v) is 6.83. The van der Waals surface area contributed by atoms with Gasteiger partial charge >= 0.3 is 0 Å². The summed E-state index contributed by atoms with van der Waals surface area (Å²) in [7, 11) is -2.17. The monoisotopic (exact) mass is 359 g/mol. The molecule has 0 atom stereocenters. The maximum absolute atomic E-state index is 12.2. The molecule has 130 valence electrons. The third-order valence-electron chi connectivity index (χ3n) is 3.61. The van der Waals surface area contributed by atoms with E-state index >= 15 is 0 Å². The highest BCUT2D eigenvalue weighted by Gasteiger charge is 2.31. The zero-order valence-electron chi connectivity index (χ0n) is 13.5. The number of rotatable bonds is 5. The van der Waals surface area contributed by atoms with E-state index in [9.17, 15) is 13.5 Å². The Balaban J connectivity index is 1.96. The maximum atomic E-state index is 12.2. The molecule has 0 fully saturated rings. The Kier molecular flexibility index (Phi) is 4.82. The van der Waals surface area contributed by atoms with Gasteiger partial charge in [-0.1, -0.05) is 24.3 Å². The molecule has 0 saturated carbocycles. The second-order valence-electron chi connectivity index (χ2n) is 5.25. The van der Waals surface area contributed by atoms with Gasteiger partial charge in [-0.3, -0.25) is 0 Å². The van der Waals surface area contributed by atoms with Gasteiger partial charge < -0.3 is 9.84 Å². The average molecular weight is 359 g/mol. The number of ether oxygens (including phenoxy) is 1. The van der Waals surface area contributed by atoms with Crippen molar-refractivity contribution < 1.29 is 18.3 Å². The van der Waals surface area contributed by atoms with Crippen LogP contribution in [0.25, 0.3) is 0 Å². The molecule has 0 radical (unpaired) electrons. The lowest BCUT2D eigenvalue weighted by molar-refractivity contribution is 0.254. The third kappa shape index (κ3) is 3.54. The number of amidine groups is 1. The predicted molar refractivity (Wildman–Crippen MR) is 94.5 cm³/mol. The summed E-state index contributed by atoms with van der Waals surface area (Å²) in [6, 6.07) is 13.8. The number of hydrogen-bond acceptors (Lipinski definition) is 6. The molecule has 0 saturated heterocycles. The van der Waals surface area contributed by atoms with Crippen LogP contribution in [0, 0.1) is 0 Å². The molecule has 3 rings (SSSR count). The van der Waals surface area contributed by atoms with E-state index in [4.69, 9.17) is 4.74 Å². The van der Waals surface area contributed by atoms with E-state index in [-0.39, 0.29) is 23.9 Å². The fourth-order valence-electron chi connectivity index (χ4n) is 2.45. The second kappa shape index (κ2) is 7.04. The number of sulfonamides is 1. The van der Waals surface area contributed by atoms with Crippen LogP contribution in [-0.2, 0) is 10.0 Å². The summed E-state index contributed by atoms with van der Waals surface area (Å²) in [5.74, 6) is 0.882. The fraction of sp³-hybridized carbons (Fsp3) is 0.176. The first kappa shape index (κ1) is 17.1. The highest BCUT2D eigenvalue weighted by Crippen LogP contribution is 2.27. The van der Waals surface area contributed by atoms with Crippen molar-refractivity contribution in [2.24, 2.45) is 9.50 Å². The van der Waals surface area contributed by atoms with Gasteiger partial charge in [0.15, 0.2) is 5.84 Å². The molecule has 8 heteroatoms. The number of benzene rings is 2. The summed E-state index contributed by atoms with van der Waals surface area (Å²) in [5, 5.41) is 15.0. The van der Waals surface area contributed by atoms with Gasteiger partial charge in [0.25, 0.3) is 10.0 Å². The molecule has 25 heavy (non-hydrogen) atoms. The summed E-state index contributed by atoms with van der Waals surface area (Å²) in [6.45, 7) is -0.0835. The van der Waals surface area contributed by atoms with Crippen LogP contribution in [-0.4, -0.2) is 50.8 Å². The van der Waals surface area contributed by atoms with E-state index in [1.807, 2.05) is 18.2 Å². The number of fused-ring (bicyclic) bond motifs is 1. The number of hydrazone groups is 1. The van der Waals surface area contributed by atoms with E-state index in [1.165, 1.54) is 11.1 Å². The van der Waals surface area contributed by atoms with E-state index in [2.05, 4.69) is 9.50 Å². The summed E-state index contributed by atoms with van der Waals surface area (Å²) < 4.78 is 33.4. The van der Waals surface area contributed by atoms with Crippen LogP contribution in [0.3, 0.4) is 0 Å². The molecule has 0 aliphatic carbocycles. The van der Waals surface area contributed by atoms with Gasteiger partial charge in [-0.2, -0.15) is 13.5 Å². The Labute approximate surface area is 145 Å². The van der Waals surface area contributed by atoms with Crippen molar-refractivity contribution in [1.82, 2.24) is 5.01 Å². The highest BCUT2D eigenvalue weighted by atomic mass is 32.2. The van der Waals surface area contributed by atoms with E-state index in [1.54, 1.807) is 37.6 Å². The van der Waals surface area contributed by atoms with E-state index in [0.717, 1.165) is 5.56 Å². The minimum Gasteiger partial charge on any atom is -0.497 e. The van der Waals surface area contributed by atoms with Gasteiger partial charge in [0.2, 0.25) is 0 Å². The molecule has 0 aromatic heterocycles.